The second kappa shape index (κ2) is 4.80. The topological polar surface area (TPSA) is 24.9 Å². The molecule has 1 aromatic heterocycles. The lowest BCUT2D eigenvalue weighted by atomic mass is 9.54. The van der Waals surface area contributed by atoms with E-state index in [0.717, 1.165) is 29.2 Å². The van der Waals surface area contributed by atoms with E-state index in [1.807, 2.05) is 0 Å². The number of nitrogens with one attached hydrogen (secondary N) is 1. The quantitative estimate of drug-likeness (QED) is 0.909. The Morgan fingerprint density at radius 3 is 2.35 bits per heavy atom. The second-order valence-corrected chi connectivity index (χ2v) is 7.28. The van der Waals surface area contributed by atoms with Gasteiger partial charge in [-0.25, -0.2) is 4.39 Å². The summed E-state index contributed by atoms with van der Waals surface area (Å²) in [4.78, 5) is 3.97. The molecule has 0 radical (unpaired) electrons. The average molecular weight is 274 g/mol. The fourth-order valence-corrected chi connectivity index (χ4v) is 5.25. The minimum Gasteiger partial charge on any atom is -0.307 e. The third kappa shape index (κ3) is 2.16. The van der Waals surface area contributed by atoms with Crippen molar-refractivity contribution in [3.63, 3.8) is 0 Å². The normalized spacial score (nSPS) is 40.0. The van der Waals surface area contributed by atoms with Crippen molar-refractivity contribution in [1.82, 2.24) is 10.3 Å². The Morgan fingerprint density at radius 2 is 1.75 bits per heavy atom. The summed E-state index contributed by atoms with van der Waals surface area (Å²) in [5.74, 6) is 3.48. The highest BCUT2D eigenvalue weighted by atomic mass is 19.1. The Balaban J connectivity index is 1.49. The molecule has 4 bridgehead atoms. The number of aromatic nitrogens is 1. The van der Waals surface area contributed by atoms with E-state index in [9.17, 15) is 4.39 Å². The molecule has 5 rings (SSSR count). The van der Waals surface area contributed by atoms with E-state index in [1.54, 1.807) is 12.3 Å². The summed E-state index contributed by atoms with van der Waals surface area (Å²) in [7, 11) is 0. The van der Waals surface area contributed by atoms with Crippen LogP contribution in [0, 0.1) is 29.5 Å². The molecule has 0 aromatic carbocycles. The van der Waals surface area contributed by atoms with Gasteiger partial charge in [0.25, 0.3) is 0 Å². The number of hydrogen-bond donors (Lipinski definition) is 1. The zero-order valence-corrected chi connectivity index (χ0v) is 12.1. The molecule has 1 aromatic rings. The number of halogens is 1. The molecule has 0 amide bonds. The predicted octanol–water partition coefficient (Wildman–Crippen LogP) is 3.70. The van der Waals surface area contributed by atoms with Gasteiger partial charge in [0.2, 0.25) is 0 Å². The summed E-state index contributed by atoms with van der Waals surface area (Å²) in [6.45, 7) is 2.14. The van der Waals surface area contributed by atoms with Gasteiger partial charge < -0.3 is 5.32 Å². The third-order valence-electron chi connectivity index (χ3n) is 5.90. The van der Waals surface area contributed by atoms with Crippen LogP contribution in [0.4, 0.5) is 4.39 Å². The van der Waals surface area contributed by atoms with Crippen LogP contribution in [0.25, 0.3) is 0 Å². The highest BCUT2D eigenvalue weighted by Crippen LogP contribution is 2.54. The first-order valence-electron chi connectivity index (χ1n) is 8.05. The Kier molecular flexibility index (Phi) is 3.06. The van der Waals surface area contributed by atoms with Crippen LogP contribution in [0.15, 0.2) is 18.5 Å². The van der Waals surface area contributed by atoms with E-state index in [0.29, 0.717) is 6.04 Å². The monoisotopic (exact) mass is 274 g/mol. The summed E-state index contributed by atoms with van der Waals surface area (Å²) < 4.78 is 13.3. The smallest absolute Gasteiger partial charge is 0.141 e. The lowest BCUT2D eigenvalue weighted by Gasteiger charge is -2.55. The fraction of sp³-hybridized carbons (Fsp3) is 0.706. The zero-order chi connectivity index (χ0) is 13.7. The lowest BCUT2D eigenvalue weighted by Crippen LogP contribution is -2.54. The predicted molar refractivity (Wildman–Crippen MR) is 76.6 cm³/mol. The molecule has 0 aliphatic heterocycles. The van der Waals surface area contributed by atoms with E-state index in [4.69, 9.17) is 0 Å². The molecule has 3 heteroatoms. The molecule has 0 spiro atoms. The molecule has 4 aliphatic rings. The number of nitrogens with zero attached hydrogens (tertiary/aromatic N) is 1. The molecular weight excluding hydrogens is 251 g/mol. The number of hydrogen-bond acceptors (Lipinski definition) is 2. The molecule has 0 saturated heterocycles. The van der Waals surface area contributed by atoms with Gasteiger partial charge in [-0.15, -0.1) is 0 Å². The lowest BCUT2D eigenvalue weighted by molar-refractivity contribution is -0.0171. The maximum Gasteiger partial charge on any atom is 0.141 e. The van der Waals surface area contributed by atoms with Gasteiger partial charge in [-0.05, 0) is 74.3 Å². The first-order valence-corrected chi connectivity index (χ1v) is 8.05. The van der Waals surface area contributed by atoms with E-state index in [-0.39, 0.29) is 11.9 Å². The summed E-state index contributed by atoms with van der Waals surface area (Å²) >= 11 is 0. The zero-order valence-electron chi connectivity index (χ0n) is 12.1. The summed E-state index contributed by atoms with van der Waals surface area (Å²) in [5, 5.41) is 3.80. The molecule has 1 atom stereocenters. The molecule has 4 fully saturated rings. The van der Waals surface area contributed by atoms with Crippen molar-refractivity contribution in [2.45, 2.75) is 51.1 Å². The largest absolute Gasteiger partial charge is 0.307 e. The van der Waals surface area contributed by atoms with E-state index < -0.39 is 0 Å². The van der Waals surface area contributed by atoms with Crippen LogP contribution in [0.1, 0.15) is 50.6 Å². The molecule has 20 heavy (non-hydrogen) atoms. The Hall–Kier alpha value is -0.960. The molecule has 2 nitrogen and oxygen atoms in total. The van der Waals surface area contributed by atoms with Crippen molar-refractivity contribution >= 4 is 0 Å². The Labute approximate surface area is 120 Å². The van der Waals surface area contributed by atoms with Crippen molar-refractivity contribution < 1.29 is 4.39 Å². The molecular formula is C17H23FN2. The van der Waals surface area contributed by atoms with E-state index in [1.165, 1.54) is 38.3 Å². The third-order valence-corrected chi connectivity index (χ3v) is 5.90. The van der Waals surface area contributed by atoms with Crippen molar-refractivity contribution in [3.8, 4) is 0 Å². The maximum absolute atomic E-state index is 13.3. The van der Waals surface area contributed by atoms with Crippen molar-refractivity contribution in [2.24, 2.45) is 23.7 Å². The SMILES string of the molecule is CC(NC1C2CC3CC(C2)CC1C3)c1cncc(F)c1. The molecule has 1 heterocycles. The molecule has 4 aliphatic carbocycles. The van der Waals surface area contributed by atoms with Gasteiger partial charge in [0, 0.05) is 18.3 Å². The highest BCUT2D eigenvalue weighted by Gasteiger charge is 2.48. The summed E-state index contributed by atoms with van der Waals surface area (Å²) in [6, 6.07) is 2.45. The van der Waals surface area contributed by atoms with E-state index in [2.05, 4.69) is 17.2 Å². The van der Waals surface area contributed by atoms with Gasteiger partial charge in [0.1, 0.15) is 5.82 Å². The fourth-order valence-electron chi connectivity index (χ4n) is 5.25. The van der Waals surface area contributed by atoms with Crippen molar-refractivity contribution in [3.05, 3.63) is 29.8 Å². The molecule has 1 N–H and O–H groups in total. The molecule has 4 saturated carbocycles. The summed E-state index contributed by atoms with van der Waals surface area (Å²) in [6.07, 6.45) is 10.2. The van der Waals surface area contributed by atoms with E-state index >= 15 is 0 Å². The number of pyridine rings is 1. The van der Waals surface area contributed by atoms with Crippen molar-refractivity contribution in [1.29, 1.82) is 0 Å². The van der Waals surface area contributed by atoms with Crippen LogP contribution in [0.5, 0.6) is 0 Å². The minimum absolute atomic E-state index is 0.195. The Morgan fingerprint density at radius 1 is 1.10 bits per heavy atom. The van der Waals surface area contributed by atoms with Gasteiger partial charge >= 0.3 is 0 Å². The minimum atomic E-state index is -0.235. The Bertz CT molecular complexity index is 474. The number of rotatable bonds is 3. The summed E-state index contributed by atoms with van der Waals surface area (Å²) in [5.41, 5.74) is 0.971. The standard InChI is InChI=1S/C17H23FN2/c1-10(15-7-16(18)9-19-8-15)20-17-13-3-11-2-12(5-13)6-14(17)4-11/h7-14,17,20H,2-6H2,1H3. The van der Waals surface area contributed by atoms with Gasteiger partial charge in [-0.3, -0.25) is 4.98 Å². The first kappa shape index (κ1) is 12.8. The van der Waals surface area contributed by atoms with Gasteiger partial charge in [-0.1, -0.05) is 0 Å². The van der Waals surface area contributed by atoms with Gasteiger partial charge in [0.05, 0.1) is 6.20 Å². The average Bonchev–Trinajstić information content (AvgIpc) is 2.42. The van der Waals surface area contributed by atoms with Gasteiger partial charge in [-0.2, -0.15) is 0 Å². The second-order valence-electron chi connectivity index (χ2n) is 7.28. The van der Waals surface area contributed by atoms with Crippen LogP contribution in [-0.2, 0) is 0 Å². The first-order chi connectivity index (χ1) is 9.69. The molecule has 1 unspecified atom stereocenters. The van der Waals surface area contributed by atoms with Crippen molar-refractivity contribution in [2.75, 3.05) is 0 Å². The maximum atomic E-state index is 13.3. The van der Waals surface area contributed by atoms with Crippen LogP contribution in [0.3, 0.4) is 0 Å². The van der Waals surface area contributed by atoms with Gasteiger partial charge in [0.15, 0.2) is 0 Å². The highest BCUT2D eigenvalue weighted by molar-refractivity contribution is 5.15. The van der Waals surface area contributed by atoms with Crippen LogP contribution in [-0.4, -0.2) is 11.0 Å². The van der Waals surface area contributed by atoms with Crippen LogP contribution < -0.4 is 5.32 Å². The van der Waals surface area contributed by atoms with Crippen LogP contribution in [0.2, 0.25) is 0 Å². The molecule has 108 valence electrons. The van der Waals surface area contributed by atoms with Crippen LogP contribution >= 0.6 is 0 Å².